The van der Waals surface area contributed by atoms with E-state index in [0.717, 1.165) is 40.6 Å². The number of benzene rings is 1. The number of aromatic nitrogens is 4. The van der Waals surface area contributed by atoms with Gasteiger partial charge in [-0.1, -0.05) is 0 Å². The lowest BCUT2D eigenvalue weighted by Crippen LogP contribution is -2.31. The summed E-state index contributed by atoms with van der Waals surface area (Å²) in [5.74, 6) is 2.25. The van der Waals surface area contributed by atoms with Crippen LogP contribution in [0.3, 0.4) is 0 Å². The summed E-state index contributed by atoms with van der Waals surface area (Å²) in [6.45, 7) is 0. The van der Waals surface area contributed by atoms with Crippen LogP contribution in [-0.2, 0) is 31.1 Å². The third-order valence-electron chi connectivity index (χ3n) is 6.34. The Hall–Kier alpha value is -3.66. The van der Waals surface area contributed by atoms with Crippen molar-refractivity contribution in [2.24, 2.45) is 7.05 Å². The van der Waals surface area contributed by atoms with Gasteiger partial charge in [0.05, 0.1) is 19.6 Å². The fraction of sp³-hybridized carbons (Fsp3) is 0.360. The van der Waals surface area contributed by atoms with Crippen LogP contribution in [0, 0.1) is 0 Å². The average Bonchev–Trinajstić information content (AvgIpc) is 3.56. The highest BCUT2D eigenvalue weighted by Crippen LogP contribution is 2.34. The van der Waals surface area contributed by atoms with E-state index in [0.29, 0.717) is 29.6 Å². The first kappa shape index (κ1) is 23.1. The van der Waals surface area contributed by atoms with E-state index >= 15 is 0 Å². The van der Waals surface area contributed by atoms with Gasteiger partial charge in [0, 0.05) is 43.2 Å². The molecule has 1 unspecified atom stereocenters. The van der Waals surface area contributed by atoms with Gasteiger partial charge in [-0.3, -0.25) is 9.59 Å². The molecule has 182 valence electrons. The Morgan fingerprint density at radius 3 is 2.69 bits per heavy atom. The number of ether oxygens (including phenoxy) is 2. The van der Waals surface area contributed by atoms with Crippen molar-refractivity contribution < 1.29 is 14.3 Å². The number of aromatic amines is 1. The summed E-state index contributed by atoms with van der Waals surface area (Å²) in [4.78, 5) is 39.8. The van der Waals surface area contributed by atoms with Crippen molar-refractivity contribution in [1.82, 2.24) is 24.8 Å². The molecule has 0 spiro atoms. The number of methoxy groups -OCH3 is 2. The van der Waals surface area contributed by atoms with E-state index in [-0.39, 0.29) is 17.9 Å². The molecule has 3 heterocycles. The van der Waals surface area contributed by atoms with E-state index < -0.39 is 6.04 Å². The van der Waals surface area contributed by atoms with Gasteiger partial charge >= 0.3 is 0 Å². The first-order valence-corrected chi connectivity index (χ1v) is 12.3. The molecule has 3 aromatic heterocycles. The summed E-state index contributed by atoms with van der Waals surface area (Å²) in [5.41, 5.74) is 1.82. The van der Waals surface area contributed by atoms with Crippen LogP contribution in [0.1, 0.15) is 46.5 Å². The lowest BCUT2D eigenvalue weighted by molar-refractivity contribution is -0.121. The predicted molar refractivity (Wildman–Crippen MR) is 133 cm³/mol. The number of imidazole rings is 1. The van der Waals surface area contributed by atoms with E-state index in [2.05, 4.69) is 20.3 Å². The Balaban J connectivity index is 1.37. The number of aryl methyl sites for hydroxylation is 4. The molecule has 4 aromatic rings. The van der Waals surface area contributed by atoms with Gasteiger partial charge in [0.15, 0.2) is 0 Å². The molecule has 9 nitrogen and oxygen atoms in total. The van der Waals surface area contributed by atoms with Gasteiger partial charge < -0.3 is 24.3 Å². The van der Waals surface area contributed by atoms with E-state index in [1.54, 1.807) is 37.8 Å². The molecule has 0 aliphatic heterocycles. The number of thiophene rings is 1. The second-order valence-corrected chi connectivity index (χ2v) is 9.68. The van der Waals surface area contributed by atoms with Gasteiger partial charge in [0.1, 0.15) is 34.0 Å². The molecule has 35 heavy (non-hydrogen) atoms. The largest absolute Gasteiger partial charge is 0.497 e. The number of fused-ring (bicyclic) bond motifs is 3. The number of carbonyl (C=O) groups excluding carboxylic acids is 1. The van der Waals surface area contributed by atoms with Crippen LogP contribution >= 0.6 is 11.3 Å². The van der Waals surface area contributed by atoms with Crippen molar-refractivity contribution in [1.29, 1.82) is 0 Å². The number of hydrogen-bond donors (Lipinski definition) is 2. The highest BCUT2D eigenvalue weighted by atomic mass is 32.1. The number of rotatable bonds is 8. The SMILES string of the molecule is COc1cc(OC)cc(C(NC(=O)CCc2nc3sc4c(c3c(=O)[nH]2)CCC4)c2nccn2C)c1. The molecule has 0 bridgehead atoms. The van der Waals surface area contributed by atoms with Crippen molar-refractivity contribution in [2.45, 2.75) is 38.1 Å². The maximum Gasteiger partial charge on any atom is 0.259 e. The number of carbonyl (C=O) groups is 1. The van der Waals surface area contributed by atoms with Crippen LogP contribution in [0.4, 0.5) is 0 Å². The van der Waals surface area contributed by atoms with Gasteiger partial charge in [-0.05, 0) is 42.5 Å². The highest BCUT2D eigenvalue weighted by Gasteiger charge is 2.24. The minimum atomic E-state index is -0.513. The lowest BCUT2D eigenvalue weighted by atomic mass is 10.0. The maximum absolute atomic E-state index is 13.0. The normalized spacial score (nSPS) is 13.6. The van der Waals surface area contributed by atoms with Crippen molar-refractivity contribution in [3.8, 4) is 11.5 Å². The molecule has 0 saturated carbocycles. The standard InChI is InChI=1S/C25H27N5O4S/c1-30-10-9-26-23(30)22(14-11-15(33-2)13-16(12-14)34-3)29-20(31)8-7-19-27-24(32)21-17-5-4-6-18(17)35-25(21)28-19/h9-13,22H,4-8H2,1-3H3,(H,29,31)(H,27,28,32). The Bertz CT molecular complexity index is 1430. The number of H-pyrrole nitrogens is 1. The lowest BCUT2D eigenvalue weighted by Gasteiger charge is -2.20. The number of amides is 1. The summed E-state index contributed by atoms with van der Waals surface area (Å²) >= 11 is 1.60. The molecular weight excluding hydrogens is 466 g/mol. The first-order chi connectivity index (χ1) is 17.0. The third kappa shape index (κ3) is 4.53. The number of hydrogen-bond acceptors (Lipinski definition) is 7. The summed E-state index contributed by atoms with van der Waals surface area (Å²) in [6, 6.07) is 4.97. The minimum absolute atomic E-state index is 0.112. The fourth-order valence-corrected chi connectivity index (χ4v) is 5.86. The minimum Gasteiger partial charge on any atom is -0.497 e. The molecule has 0 fully saturated rings. The first-order valence-electron chi connectivity index (χ1n) is 11.5. The quantitative estimate of drug-likeness (QED) is 0.390. The van der Waals surface area contributed by atoms with Crippen LogP contribution in [-0.4, -0.2) is 39.6 Å². The number of nitrogens with zero attached hydrogens (tertiary/aromatic N) is 3. The number of nitrogens with one attached hydrogen (secondary N) is 2. The van der Waals surface area contributed by atoms with Gasteiger partial charge in [0.2, 0.25) is 5.91 Å². The fourth-order valence-electron chi connectivity index (χ4n) is 4.58. The monoisotopic (exact) mass is 493 g/mol. The van der Waals surface area contributed by atoms with E-state index in [1.807, 2.05) is 29.9 Å². The van der Waals surface area contributed by atoms with Crippen molar-refractivity contribution >= 4 is 27.5 Å². The molecule has 0 radical (unpaired) electrons. The van der Waals surface area contributed by atoms with E-state index in [4.69, 9.17) is 9.47 Å². The van der Waals surface area contributed by atoms with Crippen molar-refractivity contribution in [3.05, 3.63) is 68.6 Å². The summed E-state index contributed by atoms with van der Waals surface area (Å²) in [7, 11) is 5.04. The van der Waals surface area contributed by atoms with Crippen molar-refractivity contribution in [2.75, 3.05) is 14.2 Å². The van der Waals surface area contributed by atoms with Crippen molar-refractivity contribution in [3.63, 3.8) is 0 Å². The van der Waals surface area contributed by atoms with Gasteiger partial charge in [-0.15, -0.1) is 11.3 Å². The van der Waals surface area contributed by atoms with Gasteiger partial charge in [-0.25, -0.2) is 9.97 Å². The topological polar surface area (TPSA) is 111 Å². The van der Waals surface area contributed by atoms with E-state index in [9.17, 15) is 9.59 Å². The second kappa shape index (κ2) is 9.53. The Morgan fingerprint density at radius 1 is 1.23 bits per heavy atom. The van der Waals surface area contributed by atoms with E-state index in [1.165, 1.54) is 4.88 Å². The predicted octanol–water partition coefficient (Wildman–Crippen LogP) is 3.06. The summed E-state index contributed by atoms with van der Waals surface area (Å²) in [5, 5.41) is 3.80. The molecule has 1 aliphatic rings. The van der Waals surface area contributed by atoms with Gasteiger partial charge in [-0.2, -0.15) is 0 Å². The molecular formula is C25H27N5O4S. The molecule has 2 N–H and O–H groups in total. The van der Waals surface area contributed by atoms with Crippen LogP contribution in [0.25, 0.3) is 10.2 Å². The summed E-state index contributed by atoms with van der Waals surface area (Å²) < 4.78 is 12.7. The Morgan fingerprint density at radius 2 is 2.00 bits per heavy atom. The second-order valence-electron chi connectivity index (χ2n) is 8.59. The van der Waals surface area contributed by atoms with Crippen LogP contribution < -0.4 is 20.3 Å². The molecule has 0 saturated heterocycles. The third-order valence-corrected chi connectivity index (χ3v) is 7.53. The Labute approximate surface area is 206 Å². The van der Waals surface area contributed by atoms with Gasteiger partial charge in [0.25, 0.3) is 5.56 Å². The summed E-state index contributed by atoms with van der Waals surface area (Å²) in [6.07, 6.45) is 7.05. The molecule has 10 heteroatoms. The Kier molecular flexibility index (Phi) is 6.29. The highest BCUT2D eigenvalue weighted by molar-refractivity contribution is 7.18. The average molecular weight is 494 g/mol. The zero-order valence-electron chi connectivity index (χ0n) is 19.9. The maximum atomic E-state index is 13.0. The molecule has 1 amide bonds. The van der Waals surface area contributed by atoms with Crippen LogP contribution in [0.15, 0.2) is 35.4 Å². The molecule has 1 aliphatic carbocycles. The van der Waals surface area contributed by atoms with Crippen LogP contribution in [0.5, 0.6) is 11.5 Å². The molecule has 1 atom stereocenters. The molecule has 1 aromatic carbocycles. The smallest absolute Gasteiger partial charge is 0.259 e. The van der Waals surface area contributed by atoms with Crippen LogP contribution in [0.2, 0.25) is 0 Å². The molecule has 5 rings (SSSR count). The zero-order chi connectivity index (χ0) is 24.5. The zero-order valence-corrected chi connectivity index (χ0v) is 20.7.